The molecule has 0 aliphatic heterocycles. The van der Waals surface area contributed by atoms with E-state index in [0.29, 0.717) is 13.0 Å². The maximum atomic E-state index is 11.2. The van der Waals surface area contributed by atoms with E-state index >= 15 is 0 Å². The Morgan fingerprint density at radius 1 is 1.31 bits per heavy atom. The third-order valence-corrected chi connectivity index (χ3v) is 4.51. The van der Waals surface area contributed by atoms with Crippen molar-refractivity contribution in [1.82, 2.24) is 0 Å². The summed E-state index contributed by atoms with van der Waals surface area (Å²) in [6.07, 6.45) is 1.61. The van der Waals surface area contributed by atoms with Crippen LogP contribution < -0.4 is 5.73 Å². The van der Waals surface area contributed by atoms with Crippen molar-refractivity contribution in [1.29, 1.82) is 0 Å². The number of rotatable bonds is 6. The van der Waals surface area contributed by atoms with Crippen molar-refractivity contribution in [2.75, 3.05) is 18.1 Å². The van der Waals surface area contributed by atoms with E-state index < -0.39 is 9.84 Å². The summed E-state index contributed by atoms with van der Waals surface area (Å²) < 4.78 is 22.5. The zero-order valence-corrected chi connectivity index (χ0v) is 9.65. The van der Waals surface area contributed by atoms with Gasteiger partial charge in [0.1, 0.15) is 9.84 Å². The third kappa shape index (κ3) is 4.62. The zero-order valence-electron chi connectivity index (χ0n) is 8.84. The summed E-state index contributed by atoms with van der Waals surface area (Å²) in [6.45, 7) is 6.33. The van der Waals surface area contributed by atoms with Crippen LogP contribution in [0.1, 0.15) is 33.6 Å². The standard InChI is InChI=1S/C9H21NO2S/c1-4-9(3,8-10)6-7-13(11,12)5-2/h4-8,10H2,1-3H3. The summed E-state index contributed by atoms with van der Waals surface area (Å²) in [5.74, 6) is 0.502. The van der Waals surface area contributed by atoms with Gasteiger partial charge in [-0.1, -0.05) is 20.8 Å². The normalized spacial score (nSPS) is 16.9. The molecule has 2 N–H and O–H groups in total. The highest BCUT2D eigenvalue weighted by molar-refractivity contribution is 7.91. The second kappa shape index (κ2) is 4.96. The molecule has 0 bridgehead atoms. The maximum Gasteiger partial charge on any atom is 0.150 e. The van der Waals surface area contributed by atoms with Gasteiger partial charge in [-0.25, -0.2) is 8.42 Å². The van der Waals surface area contributed by atoms with Gasteiger partial charge in [0.2, 0.25) is 0 Å². The van der Waals surface area contributed by atoms with Gasteiger partial charge < -0.3 is 5.73 Å². The molecule has 0 rings (SSSR count). The van der Waals surface area contributed by atoms with Gasteiger partial charge in [0.05, 0.1) is 5.75 Å². The predicted octanol–water partition coefficient (Wildman–Crippen LogP) is 1.19. The lowest BCUT2D eigenvalue weighted by molar-refractivity contribution is 0.311. The molecule has 0 spiro atoms. The van der Waals surface area contributed by atoms with Crippen LogP contribution in [-0.4, -0.2) is 26.5 Å². The molecule has 0 fully saturated rings. The Labute approximate surface area is 81.6 Å². The molecule has 0 amide bonds. The Morgan fingerprint density at radius 2 is 1.85 bits per heavy atom. The first kappa shape index (κ1) is 12.9. The molecule has 3 nitrogen and oxygen atoms in total. The van der Waals surface area contributed by atoms with Gasteiger partial charge in [-0.15, -0.1) is 0 Å². The molecule has 0 saturated carbocycles. The first-order chi connectivity index (χ1) is 5.89. The minimum absolute atomic E-state index is 0.0117. The first-order valence-electron chi connectivity index (χ1n) is 4.79. The van der Waals surface area contributed by atoms with Crippen molar-refractivity contribution in [3.63, 3.8) is 0 Å². The predicted molar refractivity (Wildman–Crippen MR) is 56.4 cm³/mol. The molecule has 0 aromatic carbocycles. The lowest BCUT2D eigenvalue weighted by Gasteiger charge is -2.25. The van der Waals surface area contributed by atoms with Crippen LogP contribution in [-0.2, 0) is 9.84 Å². The summed E-state index contributed by atoms with van der Waals surface area (Å²) in [6, 6.07) is 0. The average molecular weight is 207 g/mol. The van der Waals surface area contributed by atoms with Gasteiger partial charge in [-0.3, -0.25) is 0 Å². The minimum Gasteiger partial charge on any atom is -0.330 e. The van der Waals surface area contributed by atoms with Crippen molar-refractivity contribution in [3.05, 3.63) is 0 Å². The molecule has 0 aliphatic carbocycles. The molecule has 0 saturated heterocycles. The van der Waals surface area contributed by atoms with Crippen LogP contribution in [0.4, 0.5) is 0 Å². The highest BCUT2D eigenvalue weighted by Crippen LogP contribution is 2.24. The van der Waals surface area contributed by atoms with Gasteiger partial charge in [-0.05, 0) is 24.8 Å². The lowest BCUT2D eigenvalue weighted by atomic mass is 9.85. The van der Waals surface area contributed by atoms with E-state index in [1.165, 1.54) is 0 Å². The SMILES string of the molecule is CCC(C)(CN)CCS(=O)(=O)CC. The second-order valence-corrected chi connectivity index (χ2v) is 6.33. The molecule has 4 heteroatoms. The van der Waals surface area contributed by atoms with Crippen LogP contribution in [0.25, 0.3) is 0 Å². The number of sulfone groups is 1. The molecule has 80 valence electrons. The van der Waals surface area contributed by atoms with Crippen molar-refractivity contribution >= 4 is 9.84 Å². The highest BCUT2D eigenvalue weighted by atomic mass is 32.2. The first-order valence-corrected chi connectivity index (χ1v) is 6.62. The van der Waals surface area contributed by atoms with E-state index in [-0.39, 0.29) is 16.9 Å². The summed E-state index contributed by atoms with van der Waals surface area (Å²) in [5, 5.41) is 0. The molecule has 13 heavy (non-hydrogen) atoms. The second-order valence-electron chi connectivity index (χ2n) is 3.85. The molecule has 0 radical (unpaired) electrons. The monoisotopic (exact) mass is 207 g/mol. The smallest absolute Gasteiger partial charge is 0.150 e. The van der Waals surface area contributed by atoms with Crippen LogP contribution in [0, 0.1) is 5.41 Å². The van der Waals surface area contributed by atoms with Crippen LogP contribution in [0.15, 0.2) is 0 Å². The number of hydrogen-bond donors (Lipinski definition) is 1. The Kier molecular flexibility index (Phi) is 4.92. The minimum atomic E-state index is -2.83. The van der Waals surface area contributed by atoms with Gasteiger partial charge in [-0.2, -0.15) is 0 Å². The summed E-state index contributed by atoms with van der Waals surface area (Å²) in [5.41, 5.74) is 5.58. The van der Waals surface area contributed by atoms with Gasteiger partial charge in [0.15, 0.2) is 0 Å². The fraction of sp³-hybridized carbons (Fsp3) is 1.00. The van der Waals surface area contributed by atoms with Crippen LogP contribution >= 0.6 is 0 Å². The fourth-order valence-electron chi connectivity index (χ4n) is 0.969. The molecule has 0 aromatic rings. The van der Waals surface area contributed by atoms with Gasteiger partial charge >= 0.3 is 0 Å². The molecule has 0 heterocycles. The van der Waals surface area contributed by atoms with Crippen molar-refractivity contribution in [3.8, 4) is 0 Å². The number of nitrogens with two attached hydrogens (primary N) is 1. The van der Waals surface area contributed by atoms with Crippen molar-refractivity contribution in [2.45, 2.75) is 33.6 Å². The van der Waals surface area contributed by atoms with Gasteiger partial charge in [0, 0.05) is 5.75 Å². The zero-order chi connectivity index (χ0) is 10.5. The van der Waals surface area contributed by atoms with Crippen molar-refractivity contribution < 1.29 is 8.42 Å². The largest absolute Gasteiger partial charge is 0.330 e. The van der Waals surface area contributed by atoms with E-state index in [1.807, 2.05) is 13.8 Å². The average Bonchev–Trinajstić information content (AvgIpc) is 2.14. The Balaban J connectivity index is 4.15. The van der Waals surface area contributed by atoms with Crippen LogP contribution in [0.3, 0.4) is 0 Å². The quantitative estimate of drug-likeness (QED) is 0.711. The van der Waals surface area contributed by atoms with E-state index in [9.17, 15) is 8.42 Å². The summed E-state index contributed by atoms with van der Waals surface area (Å²) >= 11 is 0. The van der Waals surface area contributed by atoms with Crippen molar-refractivity contribution in [2.24, 2.45) is 11.1 Å². The Hall–Kier alpha value is -0.0900. The van der Waals surface area contributed by atoms with E-state index in [2.05, 4.69) is 0 Å². The molecule has 1 unspecified atom stereocenters. The van der Waals surface area contributed by atoms with Crippen LogP contribution in [0.2, 0.25) is 0 Å². The third-order valence-electron chi connectivity index (χ3n) is 2.80. The summed E-state index contributed by atoms with van der Waals surface area (Å²) in [4.78, 5) is 0. The molecule has 0 aromatic heterocycles. The molecule has 0 aliphatic rings. The van der Waals surface area contributed by atoms with E-state index in [4.69, 9.17) is 5.73 Å². The topological polar surface area (TPSA) is 60.2 Å². The van der Waals surface area contributed by atoms with E-state index in [1.54, 1.807) is 6.92 Å². The lowest BCUT2D eigenvalue weighted by Crippen LogP contribution is -2.29. The number of hydrogen-bond acceptors (Lipinski definition) is 3. The maximum absolute atomic E-state index is 11.2. The van der Waals surface area contributed by atoms with Gasteiger partial charge in [0.25, 0.3) is 0 Å². The Morgan fingerprint density at radius 3 is 2.15 bits per heavy atom. The molecular formula is C9H21NO2S. The van der Waals surface area contributed by atoms with Crippen LogP contribution in [0.5, 0.6) is 0 Å². The fourth-order valence-corrected chi connectivity index (χ4v) is 2.06. The highest BCUT2D eigenvalue weighted by Gasteiger charge is 2.22. The molecular weight excluding hydrogens is 186 g/mol. The van der Waals surface area contributed by atoms with E-state index in [0.717, 1.165) is 6.42 Å². The summed E-state index contributed by atoms with van der Waals surface area (Å²) in [7, 11) is -2.83. The Bertz CT molecular complexity index is 230. The molecule has 1 atom stereocenters.